The van der Waals surface area contributed by atoms with E-state index >= 15 is 0 Å². The molecule has 1 aromatic carbocycles. The summed E-state index contributed by atoms with van der Waals surface area (Å²) in [6, 6.07) is 6.41. The number of benzene rings is 1. The second kappa shape index (κ2) is 6.25. The summed E-state index contributed by atoms with van der Waals surface area (Å²) >= 11 is 0. The molecule has 0 fully saturated rings. The molecular weight excluding hydrogens is 251 g/mol. The SMILES string of the molecule is O=C(CCc1ccccc1O)NOCC(F)(F)F. The van der Waals surface area contributed by atoms with Gasteiger partial charge in [-0.2, -0.15) is 13.2 Å². The normalized spacial score (nSPS) is 11.3. The van der Waals surface area contributed by atoms with Gasteiger partial charge in [-0.05, 0) is 18.1 Å². The fraction of sp³-hybridized carbons (Fsp3) is 0.364. The molecule has 0 aliphatic heterocycles. The third kappa shape index (κ3) is 5.53. The van der Waals surface area contributed by atoms with Crippen LogP contribution in [0, 0.1) is 0 Å². The van der Waals surface area contributed by atoms with E-state index < -0.39 is 18.7 Å². The Morgan fingerprint density at radius 1 is 1.33 bits per heavy atom. The zero-order chi connectivity index (χ0) is 13.6. The summed E-state index contributed by atoms with van der Waals surface area (Å²) in [6.07, 6.45) is -4.34. The van der Waals surface area contributed by atoms with E-state index in [0.29, 0.717) is 5.56 Å². The number of carbonyl (C=O) groups excluding carboxylic acids is 1. The molecule has 0 saturated carbocycles. The smallest absolute Gasteiger partial charge is 0.414 e. The molecule has 0 bridgehead atoms. The summed E-state index contributed by atoms with van der Waals surface area (Å²) < 4.78 is 35.1. The van der Waals surface area contributed by atoms with Crippen LogP contribution in [0.4, 0.5) is 13.2 Å². The van der Waals surface area contributed by atoms with Crippen molar-refractivity contribution in [2.75, 3.05) is 6.61 Å². The average Bonchev–Trinajstić information content (AvgIpc) is 2.26. The topological polar surface area (TPSA) is 58.6 Å². The number of para-hydroxylation sites is 1. The second-order valence-corrected chi connectivity index (χ2v) is 3.56. The number of aromatic hydroxyl groups is 1. The van der Waals surface area contributed by atoms with Crippen molar-refractivity contribution < 1.29 is 27.9 Å². The average molecular weight is 263 g/mol. The Labute approximate surface area is 101 Å². The van der Waals surface area contributed by atoms with Crippen LogP contribution in [0.5, 0.6) is 5.75 Å². The van der Waals surface area contributed by atoms with Crippen molar-refractivity contribution in [2.24, 2.45) is 0 Å². The second-order valence-electron chi connectivity index (χ2n) is 3.56. The lowest BCUT2D eigenvalue weighted by Gasteiger charge is -2.08. The van der Waals surface area contributed by atoms with Crippen molar-refractivity contribution in [1.29, 1.82) is 0 Å². The van der Waals surface area contributed by atoms with Gasteiger partial charge in [0, 0.05) is 6.42 Å². The standard InChI is InChI=1S/C11H12F3NO3/c12-11(13,14)7-18-15-10(17)6-5-8-3-1-2-4-9(8)16/h1-4,16H,5-7H2,(H,15,17). The monoisotopic (exact) mass is 263 g/mol. The molecule has 1 aromatic rings. The van der Waals surface area contributed by atoms with Crippen LogP contribution in [0.2, 0.25) is 0 Å². The van der Waals surface area contributed by atoms with E-state index in [1.54, 1.807) is 23.7 Å². The summed E-state index contributed by atoms with van der Waals surface area (Å²) in [5.41, 5.74) is 2.23. The number of hydrogen-bond acceptors (Lipinski definition) is 3. The molecule has 0 saturated heterocycles. The van der Waals surface area contributed by atoms with Crippen molar-refractivity contribution in [3.63, 3.8) is 0 Å². The highest BCUT2D eigenvalue weighted by Crippen LogP contribution is 2.17. The molecule has 0 spiro atoms. The molecule has 2 N–H and O–H groups in total. The van der Waals surface area contributed by atoms with Gasteiger partial charge in [-0.3, -0.25) is 9.63 Å². The minimum Gasteiger partial charge on any atom is -0.508 e. The number of hydrogen-bond donors (Lipinski definition) is 2. The van der Waals surface area contributed by atoms with Crippen LogP contribution in [-0.2, 0) is 16.1 Å². The number of rotatable bonds is 5. The Balaban J connectivity index is 2.28. The first-order valence-corrected chi connectivity index (χ1v) is 5.13. The highest BCUT2D eigenvalue weighted by atomic mass is 19.4. The maximum absolute atomic E-state index is 11.7. The van der Waals surface area contributed by atoms with Crippen LogP contribution in [0.3, 0.4) is 0 Å². The Hall–Kier alpha value is -1.76. The van der Waals surface area contributed by atoms with Gasteiger partial charge in [-0.15, -0.1) is 0 Å². The van der Waals surface area contributed by atoms with Gasteiger partial charge in [-0.25, -0.2) is 5.48 Å². The zero-order valence-electron chi connectivity index (χ0n) is 9.33. The van der Waals surface area contributed by atoms with Gasteiger partial charge in [0.25, 0.3) is 0 Å². The van der Waals surface area contributed by atoms with Crippen molar-refractivity contribution >= 4 is 5.91 Å². The summed E-state index contributed by atoms with van der Waals surface area (Å²) in [5.74, 6) is -0.635. The minimum atomic E-state index is -4.48. The highest BCUT2D eigenvalue weighted by Gasteiger charge is 2.28. The molecule has 0 radical (unpaired) electrons. The van der Waals surface area contributed by atoms with E-state index in [1.165, 1.54) is 6.07 Å². The van der Waals surface area contributed by atoms with E-state index in [1.807, 2.05) is 0 Å². The summed E-state index contributed by atoms with van der Waals surface area (Å²) in [4.78, 5) is 15.1. The number of halogens is 3. The summed E-state index contributed by atoms with van der Waals surface area (Å²) in [5, 5.41) is 9.39. The van der Waals surface area contributed by atoms with Crippen LogP contribution < -0.4 is 5.48 Å². The lowest BCUT2D eigenvalue weighted by molar-refractivity contribution is -0.191. The van der Waals surface area contributed by atoms with E-state index in [2.05, 4.69) is 4.84 Å². The Kier molecular flexibility index (Phi) is 4.96. The number of aryl methyl sites for hydroxylation is 1. The third-order valence-corrected chi connectivity index (χ3v) is 2.03. The first kappa shape index (κ1) is 14.3. The summed E-state index contributed by atoms with van der Waals surface area (Å²) in [6.45, 7) is -1.53. The lowest BCUT2D eigenvalue weighted by atomic mass is 10.1. The van der Waals surface area contributed by atoms with Gasteiger partial charge >= 0.3 is 6.18 Å². The number of carbonyl (C=O) groups is 1. The van der Waals surface area contributed by atoms with Gasteiger partial charge < -0.3 is 5.11 Å². The molecule has 0 aliphatic rings. The molecule has 0 unspecified atom stereocenters. The first-order valence-electron chi connectivity index (χ1n) is 5.13. The number of alkyl halides is 3. The van der Waals surface area contributed by atoms with Gasteiger partial charge in [0.05, 0.1) is 0 Å². The lowest BCUT2D eigenvalue weighted by Crippen LogP contribution is -2.29. The van der Waals surface area contributed by atoms with Crippen LogP contribution in [0.15, 0.2) is 24.3 Å². The number of hydroxylamine groups is 1. The Morgan fingerprint density at radius 2 is 2.00 bits per heavy atom. The van der Waals surface area contributed by atoms with E-state index in [9.17, 15) is 23.1 Å². The van der Waals surface area contributed by atoms with Gasteiger partial charge in [-0.1, -0.05) is 18.2 Å². The maximum Gasteiger partial charge on any atom is 0.414 e. The van der Waals surface area contributed by atoms with Crippen molar-refractivity contribution in [3.05, 3.63) is 29.8 Å². The molecule has 0 heterocycles. The van der Waals surface area contributed by atoms with Crippen LogP contribution in [-0.4, -0.2) is 23.8 Å². The van der Waals surface area contributed by atoms with Crippen LogP contribution in [0.1, 0.15) is 12.0 Å². The Bertz CT molecular complexity index is 407. The van der Waals surface area contributed by atoms with Gasteiger partial charge in [0.2, 0.25) is 5.91 Å². The molecule has 0 aliphatic carbocycles. The molecular formula is C11H12F3NO3. The third-order valence-electron chi connectivity index (χ3n) is 2.03. The molecule has 4 nitrogen and oxygen atoms in total. The Morgan fingerprint density at radius 3 is 2.61 bits per heavy atom. The van der Waals surface area contributed by atoms with Crippen LogP contribution >= 0.6 is 0 Å². The van der Waals surface area contributed by atoms with E-state index in [4.69, 9.17) is 0 Å². The molecule has 18 heavy (non-hydrogen) atoms. The molecule has 7 heteroatoms. The maximum atomic E-state index is 11.7. The van der Waals surface area contributed by atoms with Gasteiger partial charge in [0.15, 0.2) is 6.61 Å². The van der Waals surface area contributed by atoms with Crippen LogP contribution in [0.25, 0.3) is 0 Å². The number of phenolic OH excluding ortho intramolecular Hbond substituents is 1. The predicted octanol–water partition coefficient (Wildman–Crippen LogP) is 1.93. The van der Waals surface area contributed by atoms with Crippen molar-refractivity contribution in [3.8, 4) is 5.75 Å². The van der Waals surface area contributed by atoms with Crippen molar-refractivity contribution in [1.82, 2.24) is 5.48 Å². The number of phenols is 1. The van der Waals surface area contributed by atoms with Crippen molar-refractivity contribution in [2.45, 2.75) is 19.0 Å². The summed E-state index contributed by atoms with van der Waals surface area (Å²) in [7, 11) is 0. The molecule has 0 atom stereocenters. The molecule has 1 rings (SSSR count). The minimum absolute atomic E-state index is 0.0431. The number of amides is 1. The fourth-order valence-corrected chi connectivity index (χ4v) is 1.22. The van der Waals surface area contributed by atoms with Gasteiger partial charge in [0.1, 0.15) is 5.75 Å². The highest BCUT2D eigenvalue weighted by molar-refractivity contribution is 5.75. The van der Waals surface area contributed by atoms with E-state index in [-0.39, 0.29) is 18.6 Å². The van der Waals surface area contributed by atoms with E-state index in [0.717, 1.165) is 0 Å². The quantitative estimate of drug-likeness (QED) is 0.798. The molecule has 1 amide bonds. The molecule has 100 valence electrons. The number of nitrogens with one attached hydrogen (secondary N) is 1. The first-order chi connectivity index (χ1) is 8.38. The predicted molar refractivity (Wildman–Crippen MR) is 56.6 cm³/mol. The molecule has 0 aromatic heterocycles. The largest absolute Gasteiger partial charge is 0.508 e. The zero-order valence-corrected chi connectivity index (χ0v) is 9.33. The fourth-order valence-electron chi connectivity index (χ4n) is 1.22.